The minimum Gasteiger partial charge on any atom is -0.618 e. The smallest absolute Gasteiger partial charge is 0.218 e. The highest BCUT2D eigenvalue weighted by Gasteiger charge is 2.19. The number of anilines is 3. The van der Waals surface area contributed by atoms with E-state index in [1.54, 1.807) is 19.2 Å². The van der Waals surface area contributed by atoms with Gasteiger partial charge in [-0.15, -0.1) is 0 Å². The maximum atomic E-state index is 13.6. The number of ether oxygens (including phenoxy) is 1. The van der Waals surface area contributed by atoms with Crippen molar-refractivity contribution >= 4 is 51.2 Å². The van der Waals surface area contributed by atoms with E-state index in [0.29, 0.717) is 44.4 Å². The Balaban J connectivity index is 1.75. The second kappa shape index (κ2) is 9.82. The molecule has 2 heterocycles. The van der Waals surface area contributed by atoms with Crippen molar-refractivity contribution in [3.05, 3.63) is 86.2 Å². The Bertz CT molecular complexity index is 1500. The zero-order chi connectivity index (χ0) is 25.3. The van der Waals surface area contributed by atoms with Crippen LogP contribution in [0.1, 0.15) is 22.4 Å². The van der Waals surface area contributed by atoms with E-state index in [9.17, 15) is 14.9 Å². The summed E-state index contributed by atoms with van der Waals surface area (Å²) in [5, 5.41) is 29.4. The highest BCUT2D eigenvalue weighted by atomic mass is 35.5. The van der Waals surface area contributed by atoms with Gasteiger partial charge in [0.2, 0.25) is 5.69 Å². The van der Waals surface area contributed by atoms with E-state index in [1.165, 1.54) is 30.6 Å². The summed E-state index contributed by atoms with van der Waals surface area (Å²) >= 11 is 12.4. The second-order valence-corrected chi connectivity index (χ2v) is 8.68. The van der Waals surface area contributed by atoms with Gasteiger partial charge in [0.1, 0.15) is 24.2 Å². The summed E-state index contributed by atoms with van der Waals surface area (Å²) in [6, 6.07) is 9.75. The van der Waals surface area contributed by atoms with Crippen LogP contribution in [0.15, 0.2) is 42.7 Å². The predicted molar refractivity (Wildman–Crippen MR) is 135 cm³/mol. The Morgan fingerprint density at radius 1 is 1.17 bits per heavy atom. The summed E-state index contributed by atoms with van der Waals surface area (Å²) in [7, 11) is 1.56. The van der Waals surface area contributed by atoms with Gasteiger partial charge in [-0.25, -0.2) is 4.39 Å². The van der Waals surface area contributed by atoms with Crippen LogP contribution in [-0.4, -0.2) is 12.1 Å². The van der Waals surface area contributed by atoms with Gasteiger partial charge in [-0.2, -0.15) is 9.99 Å². The number of benzene rings is 2. The van der Waals surface area contributed by atoms with Gasteiger partial charge in [0.25, 0.3) is 0 Å². The van der Waals surface area contributed by atoms with Gasteiger partial charge in [-0.1, -0.05) is 23.2 Å². The van der Waals surface area contributed by atoms with Gasteiger partial charge in [-0.05, 0) is 44.2 Å². The fourth-order valence-corrected chi connectivity index (χ4v) is 4.36. The number of aryl methyl sites for hydroxylation is 1. The van der Waals surface area contributed by atoms with E-state index in [-0.39, 0.29) is 17.1 Å². The topological polar surface area (TPSA) is 96.9 Å². The monoisotopic (exact) mass is 511 g/mol. The van der Waals surface area contributed by atoms with E-state index in [4.69, 9.17) is 27.9 Å². The molecule has 4 aromatic rings. The van der Waals surface area contributed by atoms with Crippen molar-refractivity contribution in [2.75, 3.05) is 17.7 Å². The van der Waals surface area contributed by atoms with Gasteiger partial charge in [0.15, 0.2) is 6.20 Å². The van der Waals surface area contributed by atoms with Crippen molar-refractivity contribution in [2.45, 2.75) is 20.4 Å². The number of hydrogen-bond donors (Lipinski definition) is 2. The molecule has 0 saturated carbocycles. The Morgan fingerprint density at radius 2 is 1.91 bits per heavy atom. The molecule has 7 nitrogen and oxygen atoms in total. The molecule has 0 radical (unpaired) electrons. The molecule has 0 unspecified atom stereocenters. The highest BCUT2D eigenvalue weighted by Crippen LogP contribution is 2.35. The molecule has 2 aromatic heterocycles. The average molecular weight is 512 g/mol. The molecule has 0 aliphatic rings. The zero-order valence-electron chi connectivity index (χ0n) is 19.0. The zero-order valence-corrected chi connectivity index (χ0v) is 20.6. The summed E-state index contributed by atoms with van der Waals surface area (Å²) in [4.78, 5) is 4.33. The number of rotatable bonds is 6. The first kappa shape index (κ1) is 24.3. The first-order valence-electron chi connectivity index (χ1n) is 10.5. The Labute approximate surface area is 211 Å². The molecule has 10 heteroatoms. The van der Waals surface area contributed by atoms with E-state index in [2.05, 4.69) is 21.7 Å². The quantitative estimate of drug-likeness (QED) is 0.237. The third-order valence-corrected chi connectivity index (χ3v) is 6.18. The summed E-state index contributed by atoms with van der Waals surface area (Å²) < 4.78 is 19.9. The lowest BCUT2D eigenvalue weighted by Gasteiger charge is -2.16. The Kier molecular flexibility index (Phi) is 6.83. The summed E-state index contributed by atoms with van der Waals surface area (Å²) in [5.74, 6) is 0.100. The van der Waals surface area contributed by atoms with Gasteiger partial charge >= 0.3 is 0 Å². The molecule has 35 heavy (non-hydrogen) atoms. The van der Waals surface area contributed by atoms with E-state index in [0.717, 1.165) is 15.9 Å². The second-order valence-electron chi connectivity index (χ2n) is 7.86. The number of pyridine rings is 2. The molecule has 0 aliphatic carbocycles. The minimum atomic E-state index is -0.550. The van der Waals surface area contributed by atoms with Crippen molar-refractivity contribution in [3.63, 3.8) is 0 Å². The molecule has 0 spiro atoms. The van der Waals surface area contributed by atoms with Crippen LogP contribution in [0.25, 0.3) is 10.9 Å². The fraction of sp³-hybridized carbons (Fsp3) is 0.160. The van der Waals surface area contributed by atoms with E-state index >= 15 is 0 Å². The summed E-state index contributed by atoms with van der Waals surface area (Å²) in [5.41, 5.74) is 4.24. The molecular formula is C25H20Cl2FN5O2. The number of nitrogens with one attached hydrogen (secondary N) is 2. The standard InChI is InChI=1S/C25H20Cl2FN5O2/c1-13-12-33(34)22(14(2)25(13)35-3)11-30-17-6-18-23(32-16-4-5-21(28)19(26)7-16)15(9-29)10-31-24(18)20(27)8-17/h4-8,10,12,30H,11H2,1-3H3,(H,31,32). The number of aromatic nitrogens is 2. The third kappa shape index (κ3) is 4.74. The van der Waals surface area contributed by atoms with Crippen molar-refractivity contribution in [3.8, 4) is 11.8 Å². The first-order chi connectivity index (χ1) is 16.7. The van der Waals surface area contributed by atoms with Crippen LogP contribution in [0.4, 0.5) is 21.5 Å². The SMILES string of the molecule is COc1c(C)c[n+]([O-])c(CNc2cc(Cl)c3ncc(C#N)c(Nc4ccc(F)c(Cl)c4)c3c2)c1C. The molecule has 0 saturated heterocycles. The molecule has 0 bridgehead atoms. The molecule has 0 amide bonds. The molecule has 2 N–H and O–H groups in total. The molecule has 2 aromatic carbocycles. The lowest BCUT2D eigenvalue weighted by Crippen LogP contribution is -2.34. The van der Waals surface area contributed by atoms with E-state index < -0.39 is 5.82 Å². The molecule has 4 rings (SSSR count). The lowest BCUT2D eigenvalue weighted by molar-refractivity contribution is -0.614. The number of methoxy groups -OCH3 is 1. The molecule has 0 aliphatic heterocycles. The van der Waals surface area contributed by atoms with Gasteiger partial charge in [0, 0.05) is 23.0 Å². The van der Waals surface area contributed by atoms with Crippen LogP contribution >= 0.6 is 23.2 Å². The number of halogens is 3. The number of fused-ring (bicyclic) bond motifs is 1. The molecule has 178 valence electrons. The molecular weight excluding hydrogens is 492 g/mol. The van der Waals surface area contributed by atoms with Gasteiger partial charge < -0.3 is 20.6 Å². The van der Waals surface area contributed by atoms with Crippen LogP contribution in [0.5, 0.6) is 5.75 Å². The van der Waals surface area contributed by atoms with Crippen LogP contribution in [0.3, 0.4) is 0 Å². The number of hydrogen-bond acceptors (Lipinski definition) is 6. The first-order valence-corrected chi connectivity index (χ1v) is 11.2. The largest absolute Gasteiger partial charge is 0.618 e. The van der Waals surface area contributed by atoms with E-state index in [1.807, 2.05) is 13.8 Å². The average Bonchev–Trinajstić information content (AvgIpc) is 2.81. The van der Waals surface area contributed by atoms with Crippen molar-refractivity contribution < 1.29 is 13.9 Å². The molecule has 0 atom stereocenters. The van der Waals surface area contributed by atoms with Crippen LogP contribution < -0.4 is 20.1 Å². The summed E-state index contributed by atoms with van der Waals surface area (Å²) in [6.07, 6.45) is 2.88. The number of nitriles is 1. The number of nitrogens with zero attached hydrogens (tertiary/aromatic N) is 3. The fourth-order valence-electron chi connectivity index (χ4n) is 3.91. The van der Waals surface area contributed by atoms with Crippen LogP contribution in [0, 0.1) is 36.2 Å². The minimum absolute atomic E-state index is 0.0536. The van der Waals surface area contributed by atoms with Crippen molar-refractivity contribution in [1.82, 2.24) is 4.98 Å². The Morgan fingerprint density at radius 3 is 2.60 bits per heavy atom. The van der Waals surface area contributed by atoms with Gasteiger partial charge in [-0.3, -0.25) is 4.98 Å². The van der Waals surface area contributed by atoms with Crippen molar-refractivity contribution in [2.24, 2.45) is 0 Å². The normalized spacial score (nSPS) is 10.8. The molecule has 0 fully saturated rings. The third-order valence-electron chi connectivity index (χ3n) is 5.61. The van der Waals surface area contributed by atoms with Crippen LogP contribution in [-0.2, 0) is 6.54 Å². The van der Waals surface area contributed by atoms with Gasteiger partial charge in [0.05, 0.1) is 45.0 Å². The maximum absolute atomic E-state index is 13.6. The lowest BCUT2D eigenvalue weighted by atomic mass is 10.1. The Hall–Kier alpha value is -3.80. The predicted octanol–water partition coefficient (Wildman–Crippen LogP) is 6.17. The maximum Gasteiger partial charge on any atom is 0.218 e. The highest BCUT2D eigenvalue weighted by molar-refractivity contribution is 6.36. The summed E-state index contributed by atoms with van der Waals surface area (Å²) in [6.45, 7) is 3.84. The van der Waals surface area contributed by atoms with Crippen LogP contribution in [0.2, 0.25) is 10.0 Å². The van der Waals surface area contributed by atoms with Crippen molar-refractivity contribution in [1.29, 1.82) is 5.26 Å².